The van der Waals surface area contributed by atoms with Crippen molar-refractivity contribution in [1.82, 2.24) is 59.8 Å². The lowest BCUT2D eigenvalue weighted by Gasteiger charge is -2.09. The Morgan fingerprint density at radius 1 is 0.134 bits per heavy atom. The highest BCUT2D eigenvalue weighted by Crippen LogP contribution is 2.37. The van der Waals surface area contributed by atoms with Crippen LogP contribution in [0, 0.1) is 0 Å². The van der Waals surface area contributed by atoms with E-state index in [4.69, 9.17) is 66.3 Å². The molecule has 20 aromatic rings. The van der Waals surface area contributed by atoms with E-state index in [-0.39, 0.29) is 21.1 Å². The minimum atomic E-state index is 0.185. The quantitative estimate of drug-likeness (QED) is 0.128. The van der Waals surface area contributed by atoms with E-state index in [2.05, 4.69) is 198 Å². The molecule has 0 atom stereocenters. The van der Waals surface area contributed by atoms with Crippen LogP contribution >= 0.6 is 46.4 Å². The molecule has 16 heteroatoms. The van der Waals surface area contributed by atoms with Gasteiger partial charge in [-0.3, -0.25) is 0 Å². The van der Waals surface area contributed by atoms with Crippen molar-refractivity contribution in [3.05, 3.63) is 385 Å². The summed E-state index contributed by atoms with van der Waals surface area (Å²) in [5.74, 6) is 4.58. The third-order valence-electron chi connectivity index (χ3n) is 19.1. The Hall–Kier alpha value is -13.7. The number of rotatable bonds is 10. The molecule has 4 heterocycles. The summed E-state index contributed by atoms with van der Waals surface area (Å²) in [7, 11) is 0. The van der Waals surface area contributed by atoms with Crippen LogP contribution < -0.4 is 0 Å². The summed E-state index contributed by atoms with van der Waals surface area (Å²) >= 11 is 25.1. The average Bonchev–Trinajstić information content (AvgIpc) is 0.782. The molecule has 4 aromatic heterocycles. The normalized spacial score (nSPS) is 11.0. The summed E-state index contributed by atoms with van der Waals surface area (Å²) in [5, 5.41) is 14.2. The smallest absolute Gasteiger partial charge is 0.208 e. The predicted octanol–water partition coefficient (Wildman–Crippen LogP) is 25.7. The van der Waals surface area contributed by atoms with Crippen LogP contribution in [0.25, 0.3) is 178 Å². The molecular formula is C96H60Cl4N12. The topological polar surface area (TPSA) is 155 Å². The standard InChI is InChI=1S/2C25H16ClN3.2C23H14ClN3/c26-25-28-23(18-10-5-2-6-11-18)27-24(29-25)22-13-7-12-20-16-19(14-15-21(20)22)17-8-3-1-4-9-17;26-25-28-23(20-15-13-18(14-16-20)17-7-2-1-3-8-17)27-24(29-25)22-12-6-10-19-9-4-5-11-21(19)22;24-23-26-21(19-13-5-9-15-7-1-3-11-17(15)19)25-22(27-23)20-14-6-10-16-8-2-4-12-18(16)20;24-23-26-21(18-13-12-15-6-1-2-8-17(15)14-18)25-22(27-23)20-11-5-9-16-7-3-4-10-19(16)20/h2*1-16H;2*1-14H. The lowest BCUT2D eigenvalue weighted by Crippen LogP contribution is -1.98. The van der Waals surface area contributed by atoms with Crippen LogP contribution in [0.2, 0.25) is 21.1 Å². The molecule has 0 amide bonds. The summed E-state index contributed by atoms with van der Waals surface area (Å²) < 4.78 is 0. The highest BCUT2D eigenvalue weighted by atomic mass is 35.5. The molecule has 0 saturated carbocycles. The minimum absolute atomic E-state index is 0.185. The van der Waals surface area contributed by atoms with Gasteiger partial charge in [0.15, 0.2) is 46.6 Å². The number of nitrogens with zero attached hydrogens (tertiary/aromatic N) is 12. The largest absolute Gasteiger partial charge is 0.226 e. The summed E-state index contributed by atoms with van der Waals surface area (Å²) in [6, 6.07) is 123. The first-order valence-electron chi connectivity index (χ1n) is 36.0. The molecule has 532 valence electrons. The van der Waals surface area contributed by atoms with Gasteiger partial charge in [0, 0.05) is 44.5 Å². The van der Waals surface area contributed by atoms with E-state index in [0.29, 0.717) is 46.6 Å². The van der Waals surface area contributed by atoms with Gasteiger partial charge in [0.1, 0.15) is 0 Å². The minimum Gasteiger partial charge on any atom is -0.208 e. The van der Waals surface area contributed by atoms with E-state index in [0.717, 1.165) is 109 Å². The Kier molecular flexibility index (Phi) is 20.7. The van der Waals surface area contributed by atoms with Crippen molar-refractivity contribution in [2.24, 2.45) is 0 Å². The first kappa shape index (κ1) is 71.2. The van der Waals surface area contributed by atoms with Gasteiger partial charge in [-0.05, 0) is 145 Å². The molecule has 20 rings (SSSR count). The van der Waals surface area contributed by atoms with Crippen LogP contribution in [-0.4, -0.2) is 59.8 Å². The lowest BCUT2D eigenvalue weighted by molar-refractivity contribution is 1.07. The van der Waals surface area contributed by atoms with Crippen molar-refractivity contribution < 1.29 is 0 Å². The summed E-state index contributed by atoms with van der Waals surface area (Å²) in [6.45, 7) is 0. The summed E-state index contributed by atoms with van der Waals surface area (Å²) in [6.07, 6.45) is 0. The molecular weight excluding hydrogens is 1460 g/mol. The molecule has 16 aromatic carbocycles. The van der Waals surface area contributed by atoms with Crippen molar-refractivity contribution in [3.8, 4) is 113 Å². The fourth-order valence-corrected chi connectivity index (χ4v) is 14.4. The average molecular weight is 1520 g/mol. The van der Waals surface area contributed by atoms with Crippen LogP contribution in [0.4, 0.5) is 0 Å². The molecule has 0 aliphatic rings. The van der Waals surface area contributed by atoms with Crippen molar-refractivity contribution in [2.45, 2.75) is 0 Å². The first-order chi connectivity index (χ1) is 55.1. The maximum Gasteiger partial charge on any atom is 0.226 e. The van der Waals surface area contributed by atoms with Gasteiger partial charge in [0.2, 0.25) is 21.1 Å². The lowest BCUT2D eigenvalue weighted by atomic mass is 9.98. The van der Waals surface area contributed by atoms with Gasteiger partial charge in [-0.15, -0.1) is 0 Å². The predicted molar refractivity (Wildman–Crippen MR) is 459 cm³/mol. The van der Waals surface area contributed by atoms with Gasteiger partial charge in [-0.1, -0.05) is 352 Å². The molecule has 0 radical (unpaired) electrons. The maximum atomic E-state index is 6.29. The van der Waals surface area contributed by atoms with Crippen LogP contribution in [0.15, 0.2) is 364 Å². The van der Waals surface area contributed by atoms with E-state index in [1.807, 2.05) is 206 Å². The maximum absolute atomic E-state index is 6.29. The second-order valence-electron chi connectivity index (χ2n) is 26.1. The Labute approximate surface area is 664 Å². The van der Waals surface area contributed by atoms with Gasteiger partial charge < -0.3 is 0 Å². The molecule has 0 bridgehead atoms. The van der Waals surface area contributed by atoms with Gasteiger partial charge in [0.05, 0.1) is 0 Å². The Morgan fingerprint density at radius 3 is 0.759 bits per heavy atom. The van der Waals surface area contributed by atoms with E-state index in [1.165, 1.54) is 22.1 Å². The molecule has 12 nitrogen and oxygen atoms in total. The first-order valence-corrected chi connectivity index (χ1v) is 37.5. The third kappa shape index (κ3) is 15.8. The molecule has 0 aliphatic heterocycles. The van der Waals surface area contributed by atoms with Gasteiger partial charge in [0.25, 0.3) is 0 Å². The van der Waals surface area contributed by atoms with Crippen molar-refractivity contribution >= 4 is 111 Å². The second-order valence-corrected chi connectivity index (χ2v) is 27.4. The van der Waals surface area contributed by atoms with Crippen LogP contribution in [0.3, 0.4) is 0 Å². The Bertz CT molecular complexity index is 6720. The van der Waals surface area contributed by atoms with Crippen LogP contribution in [0.1, 0.15) is 0 Å². The number of aromatic nitrogens is 12. The number of halogens is 4. The van der Waals surface area contributed by atoms with Crippen LogP contribution in [-0.2, 0) is 0 Å². The molecule has 0 N–H and O–H groups in total. The van der Waals surface area contributed by atoms with Crippen molar-refractivity contribution in [2.75, 3.05) is 0 Å². The fraction of sp³-hybridized carbons (Fsp3) is 0. The number of benzene rings is 16. The van der Waals surface area contributed by atoms with E-state index < -0.39 is 0 Å². The van der Waals surface area contributed by atoms with Crippen LogP contribution in [0.5, 0.6) is 0 Å². The summed E-state index contributed by atoms with van der Waals surface area (Å²) in [4.78, 5) is 53.9. The second kappa shape index (κ2) is 32.6. The van der Waals surface area contributed by atoms with E-state index in [1.54, 1.807) is 0 Å². The molecule has 0 spiro atoms. The number of fused-ring (bicyclic) bond motifs is 6. The number of hydrogen-bond acceptors (Lipinski definition) is 12. The monoisotopic (exact) mass is 1520 g/mol. The van der Waals surface area contributed by atoms with E-state index in [9.17, 15) is 0 Å². The fourth-order valence-electron chi connectivity index (χ4n) is 13.7. The van der Waals surface area contributed by atoms with E-state index >= 15 is 0 Å². The zero-order valence-corrected chi connectivity index (χ0v) is 62.5. The highest BCUT2D eigenvalue weighted by molar-refractivity contribution is 6.29. The highest BCUT2D eigenvalue weighted by Gasteiger charge is 2.19. The van der Waals surface area contributed by atoms with Gasteiger partial charge in [-0.2, -0.15) is 39.9 Å². The molecule has 112 heavy (non-hydrogen) atoms. The van der Waals surface area contributed by atoms with Gasteiger partial charge >= 0.3 is 0 Å². The zero-order valence-electron chi connectivity index (χ0n) is 59.5. The van der Waals surface area contributed by atoms with Gasteiger partial charge in [-0.25, -0.2) is 19.9 Å². The zero-order chi connectivity index (χ0) is 75.7. The molecule has 0 unspecified atom stereocenters. The Morgan fingerprint density at radius 2 is 0.366 bits per heavy atom. The third-order valence-corrected chi connectivity index (χ3v) is 19.7. The Balaban J connectivity index is 0.000000108. The molecule has 0 aliphatic carbocycles. The molecule has 0 fully saturated rings. The van der Waals surface area contributed by atoms with Crippen molar-refractivity contribution in [3.63, 3.8) is 0 Å². The van der Waals surface area contributed by atoms with Crippen molar-refractivity contribution in [1.29, 1.82) is 0 Å². The number of hydrogen-bond donors (Lipinski definition) is 0. The summed E-state index contributed by atoms with van der Waals surface area (Å²) in [5.41, 5.74) is 12.1. The molecule has 0 saturated heterocycles. The SMILES string of the molecule is Clc1nc(-c2ccc(-c3ccccc3)cc2)nc(-c2cccc3ccccc23)n1.Clc1nc(-c2ccc3ccccc3c2)nc(-c2cccc3ccccc23)n1.Clc1nc(-c2cccc3ccccc23)nc(-c2cccc3ccccc23)n1.Clc1nc(-c2ccccc2)nc(-c2cccc3cc(-c4ccccc4)ccc23)n1.